The van der Waals surface area contributed by atoms with Gasteiger partial charge in [0.15, 0.2) is 0 Å². The zero-order valence-corrected chi connectivity index (χ0v) is 15.6. The first-order chi connectivity index (χ1) is 13.2. The van der Waals surface area contributed by atoms with Gasteiger partial charge >= 0.3 is 6.09 Å². The zero-order chi connectivity index (χ0) is 19.1. The normalized spacial score (nSPS) is 13.1. The van der Waals surface area contributed by atoms with Crippen LogP contribution in [0.15, 0.2) is 72.8 Å². The molecule has 4 nitrogen and oxygen atoms in total. The van der Waals surface area contributed by atoms with E-state index in [1.54, 1.807) is 0 Å². The van der Waals surface area contributed by atoms with Gasteiger partial charge in [0.25, 0.3) is 0 Å². The summed E-state index contributed by atoms with van der Waals surface area (Å²) in [6.07, 6.45) is -1.00. The van der Waals surface area contributed by atoms with Gasteiger partial charge in [0, 0.05) is 0 Å². The molecule has 0 aliphatic rings. The second-order valence-corrected chi connectivity index (χ2v) is 6.69. The van der Waals surface area contributed by atoms with Gasteiger partial charge in [-0.25, -0.2) is 4.79 Å². The molecule has 0 saturated heterocycles. The number of ether oxygens (including phenoxy) is 1. The fraction of sp³-hybridized carbons (Fsp3) is 0.227. The monoisotopic (exact) mass is 383 g/mol. The summed E-state index contributed by atoms with van der Waals surface area (Å²) >= 11 is 5.85. The van der Waals surface area contributed by atoms with E-state index in [1.165, 1.54) is 0 Å². The molecular weight excluding hydrogens is 362 g/mol. The largest absolute Gasteiger partial charge is 0.445 e. The highest BCUT2D eigenvalue weighted by Crippen LogP contribution is 2.20. The lowest BCUT2D eigenvalue weighted by Gasteiger charge is -2.23. The van der Waals surface area contributed by atoms with E-state index >= 15 is 0 Å². The number of carbonyl (C=O) groups excluding carboxylic acids is 1. The number of fused-ring (bicyclic) bond motifs is 1. The van der Waals surface area contributed by atoms with E-state index in [2.05, 4.69) is 5.32 Å². The van der Waals surface area contributed by atoms with Crippen LogP contribution in [0.2, 0.25) is 0 Å². The summed E-state index contributed by atoms with van der Waals surface area (Å²) in [6.45, 7) is 0.171. The molecule has 0 aromatic heterocycles. The van der Waals surface area contributed by atoms with Gasteiger partial charge in [0.2, 0.25) is 0 Å². The molecule has 3 rings (SSSR count). The second kappa shape index (κ2) is 9.40. The van der Waals surface area contributed by atoms with Gasteiger partial charge in [-0.15, -0.1) is 11.6 Å². The molecule has 0 radical (unpaired) electrons. The van der Waals surface area contributed by atoms with Crippen molar-refractivity contribution in [2.75, 3.05) is 5.88 Å². The van der Waals surface area contributed by atoms with Crippen molar-refractivity contribution < 1.29 is 14.6 Å². The van der Waals surface area contributed by atoms with Crippen LogP contribution in [0.5, 0.6) is 0 Å². The number of hydrogen-bond donors (Lipinski definition) is 2. The molecule has 0 spiro atoms. The molecule has 0 aliphatic carbocycles. The van der Waals surface area contributed by atoms with Crippen LogP contribution in [0.25, 0.3) is 10.8 Å². The highest BCUT2D eigenvalue weighted by molar-refractivity contribution is 6.18. The minimum atomic E-state index is -0.880. The van der Waals surface area contributed by atoms with E-state index in [-0.39, 0.29) is 12.5 Å². The van der Waals surface area contributed by atoms with Gasteiger partial charge < -0.3 is 15.2 Å². The van der Waals surface area contributed by atoms with Crippen molar-refractivity contribution in [3.05, 3.63) is 83.9 Å². The summed E-state index contributed by atoms with van der Waals surface area (Å²) in [5.41, 5.74) is 1.93. The molecule has 0 aliphatic heterocycles. The lowest BCUT2D eigenvalue weighted by molar-refractivity contribution is 0.111. The minimum Gasteiger partial charge on any atom is -0.445 e. The number of nitrogens with one attached hydrogen (secondary N) is 1. The number of hydrogen-bond acceptors (Lipinski definition) is 3. The van der Waals surface area contributed by atoms with E-state index in [4.69, 9.17) is 16.3 Å². The number of alkyl carbamates (subject to hydrolysis) is 1. The van der Waals surface area contributed by atoms with Crippen LogP contribution < -0.4 is 5.32 Å². The Hall–Kier alpha value is -2.56. The smallest absolute Gasteiger partial charge is 0.407 e. The van der Waals surface area contributed by atoms with E-state index in [0.29, 0.717) is 6.42 Å². The number of amides is 1. The van der Waals surface area contributed by atoms with Crippen LogP contribution in [0.1, 0.15) is 11.1 Å². The molecule has 2 atom stereocenters. The van der Waals surface area contributed by atoms with Crippen LogP contribution in [0.3, 0.4) is 0 Å². The van der Waals surface area contributed by atoms with E-state index < -0.39 is 18.2 Å². The van der Waals surface area contributed by atoms with E-state index in [0.717, 1.165) is 21.9 Å². The van der Waals surface area contributed by atoms with Crippen molar-refractivity contribution in [1.29, 1.82) is 0 Å². The molecule has 0 unspecified atom stereocenters. The number of alkyl halides is 1. The topological polar surface area (TPSA) is 58.6 Å². The van der Waals surface area contributed by atoms with Gasteiger partial charge in [-0.2, -0.15) is 0 Å². The Morgan fingerprint density at radius 3 is 2.48 bits per heavy atom. The summed E-state index contributed by atoms with van der Waals surface area (Å²) in [7, 11) is 0. The van der Waals surface area contributed by atoms with Gasteiger partial charge in [0.1, 0.15) is 6.61 Å². The van der Waals surface area contributed by atoms with Gasteiger partial charge in [0.05, 0.1) is 18.0 Å². The molecule has 0 fully saturated rings. The molecule has 140 valence electrons. The van der Waals surface area contributed by atoms with Crippen molar-refractivity contribution in [2.45, 2.75) is 25.2 Å². The van der Waals surface area contributed by atoms with Crippen molar-refractivity contribution >= 4 is 28.5 Å². The third-order valence-corrected chi connectivity index (χ3v) is 4.77. The average Bonchev–Trinajstić information content (AvgIpc) is 2.72. The molecule has 0 bridgehead atoms. The molecule has 27 heavy (non-hydrogen) atoms. The van der Waals surface area contributed by atoms with Gasteiger partial charge in [-0.1, -0.05) is 72.8 Å². The molecule has 5 heteroatoms. The Morgan fingerprint density at radius 1 is 1.00 bits per heavy atom. The van der Waals surface area contributed by atoms with Crippen LogP contribution in [-0.2, 0) is 17.8 Å². The standard InChI is InChI=1S/C22H22ClNO3/c23-14-21(25)20(24-22(26)27-15-16-7-2-1-3-8-16)13-18-11-6-10-17-9-4-5-12-19(17)18/h1-12,20-21,25H,13-15H2,(H,24,26)/t20-,21-/m0/s1. The molecule has 2 N–H and O–H groups in total. The number of aliphatic hydroxyl groups is 1. The second-order valence-electron chi connectivity index (χ2n) is 6.38. The molecule has 3 aromatic carbocycles. The Kier molecular flexibility index (Phi) is 6.69. The Bertz CT molecular complexity index is 880. The van der Waals surface area contributed by atoms with Crippen LogP contribution >= 0.6 is 11.6 Å². The fourth-order valence-electron chi connectivity index (χ4n) is 3.01. The highest BCUT2D eigenvalue weighted by Gasteiger charge is 2.22. The number of halogens is 1. The molecule has 0 saturated carbocycles. The van der Waals surface area contributed by atoms with Gasteiger partial charge in [-0.3, -0.25) is 0 Å². The number of benzene rings is 3. The minimum absolute atomic E-state index is 0.0222. The lowest BCUT2D eigenvalue weighted by atomic mass is 9.97. The predicted molar refractivity (Wildman–Crippen MR) is 108 cm³/mol. The van der Waals surface area contributed by atoms with Crippen molar-refractivity contribution in [3.63, 3.8) is 0 Å². The molecule has 1 amide bonds. The summed E-state index contributed by atoms with van der Waals surface area (Å²) < 4.78 is 5.27. The maximum absolute atomic E-state index is 12.2. The van der Waals surface area contributed by atoms with Crippen LogP contribution in [-0.4, -0.2) is 29.2 Å². The van der Waals surface area contributed by atoms with E-state index in [9.17, 15) is 9.90 Å². The van der Waals surface area contributed by atoms with E-state index in [1.807, 2.05) is 72.8 Å². The van der Waals surface area contributed by atoms with Gasteiger partial charge in [-0.05, 0) is 28.3 Å². The predicted octanol–water partition coefficient (Wildman–Crippen LogP) is 4.28. The van der Waals surface area contributed by atoms with Crippen LogP contribution in [0.4, 0.5) is 4.79 Å². The summed E-state index contributed by atoms with van der Waals surface area (Å²) in [5, 5.41) is 15.2. The first-order valence-electron chi connectivity index (χ1n) is 8.85. The Morgan fingerprint density at radius 2 is 1.70 bits per heavy atom. The summed E-state index contributed by atoms with van der Waals surface area (Å²) in [6, 6.07) is 22.9. The first kappa shape index (κ1) is 19.2. The third kappa shape index (κ3) is 5.22. The van der Waals surface area contributed by atoms with Crippen molar-refractivity contribution in [1.82, 2.24) is 5.32 Å². The molecule has 0 heterocycles. The fourth-order valence-corrected chi connectivity index (χ4v) is 3.23. The summed E-state index contributed by atoms with van der Waals surface area (Å²) in [4.78, 5) is 12.2. The summed E-state index contributed by atoms with van der Waals surface area (Å²) in [5.74, 6) is 0.0222. The zero-order valence-electron chi connectivity index (χ0n) is 14.8. The SMILES string of the molecule is O=C(N[C@@H](Cc1cccc2ccccc12)[C@@H](O)CCl)OCc1ccccc1. The maximum atomic E-state index is 12.2. The number of aliphatic hydroxyl groups excluding tert-OH is 1. The molecular formula is C22H22ClNO3. The number of carbonyl (C=O) groups is 1. The Balaban J connectivity index is 1.69. The molecule has 3 aromatic rings. The third-order valence-electron chi connectivity index (χ3n) is 4.46. The average molecular weight is 384 g/mol. The van der Waals surface area contributed by atoms with Crippen molar-refractivity contribution in [2.24, 2.45) is 0 Å². The quantitative estimate of drug-likeness (QED) is 0.599. The first-order valence-corrected chi connectivity index (χ1v) is 9.38. The lowest BCUT2D eigenvalue weighted by Crippen LogP contribution is -2.45. The Labute approximate surface area is 163 Å². The number of rotatable bonds is 7. The van der Waals surface area contributed by atoms with Crippen molar-refractivity contribution in [3.8, 4) is 0 Å². The highest BCUT2D eigenvalue weighted by atomic mass is 35.5. The van der Waals surface area contributed by atoms with Crippen LogP contribution in [0, 0.1) is 0 Å². The maximum Gasteiger partial charge on any atom is 0.407 e.